The molecule has 2 nitrogen and oxygen atoms in total. The Kier molecular flexibility index (Phi) is 4.28. The number of Topliss-reactive ketones (excluding diaryl/α,β-unsaturated/α-hetero) is 1. The Morgan fingerprint density at radius 2 is 2.00 bits per heavy atom. The fourth-order valence-corrected chi connectivity index (χ4v) is 0.880. The lowest BCUT2D eigenvalue weighted by molar-refractivity contribution is -0.118. The maximum atomic E-state index is 10.6. The second-order valence-electron chi connectivity index (χ2n) is 3.09. The Hall–Kier alpha value is -0.370. The van der Waals surface area contributed by atoms with Crippen molar-refractivity contribution in [3.05, 3.63) is 0 Å². The summed E-state index contributed by atoms with van der Waals surface area (Å²) < 4.78 is 0. The van der Waals surface area contributed by atoms with E-state index in [9.17, 15) is 4.79 Å². The number of ketones is 1. The van der Waals surface area contributed by atoms with E-state index in [4.69, 9.17) is 5.11 Å². The van der Waals surface area contributed by atoms with Crippen molar-refractivity contribution in [2.75, 3.05) is 6.61 Å². The molecule has 0 aromatic carbocycles. The average Bonchev–Trinajstić information content (AvgIpc) is 1.81. The summed E-state index contributed by atoms with van der Waals surface area (Å²) in [4.78, 5) is 10.6. The van der Waals surface area contributed by atoms with Crippen LogP contribution in [0.4, 0.5) is 0 Å². The molecule has 0 fully saturated rings. The zero-order chi connectivity index (χ0) is 8.15. The van der Waals surface area contributed by atoms with Crippen molar-refractivity contribution in [3.63, 3.8) is 0 Å². The first-order valence-corrected chi connectivity index (χ1v) is 3.68. The third-order valence-corrected chi connectivity index (χ3v) is 1.73. The third kappa shape index (κ3) is 3.62. The second-order valence-corrected chi connectivity index (χ2v) is 3.09. The molecule has 1 unspecified atom stereocenters. The van der Waals surface area contributed by atoms with Crippen LogP contribution >= 0.6 is 0 Å². The lowest BCUT2D eigenvalue weighted by Crippen LogP contribution is -2.16. The predicted molar refractivity (Wildman–Crippen MR) is 40.7 cm³/mol. The van der Waals surface area contributed by atoms with Crippen molar-refractivity contribution in [2.24, 2.45) is 11.8 Å². The SMILES string of the molecule is CC(=O)CC(CO)C(C)C. The van der Waals surface area contributed by atoms with Crippen molar-refractivity contribution in [3.8, 4) is 0 Å². The quantitative estimate of drug-likeness (QED) is 0.644. The van der Waals surface area contributed by atoms with Gasteiger partial charge in [0.2, 0.25) is 0 Å². The van der Waals surface area contributed by atoms with Gasteiger partial charge in [-0.3, -0.25) is 0 Å². The van der Waals surface area contributed by atoms with Crippen LogP contribution in [0.1, 0.15) is 27.2 Å². The highest BCUT2D eigenvalue weighted by molar-refractivity contribution is 5.75. The van der Waals surface area contributed by atoms with Crippen LogP contribution in [0.3, 0.4) is 0 Å². The van der Waals surface area contributed by atoms with E-state index in [1.54, 1.807) is 6.92 Å². The molecule has 0 rings (SSSR count). The van der Waals surface area contributed by atoms with Crippen LogP contribution in [-0.2, 0) is 4.79 Å². The van der Waals surface area contributed by atoms with E-state index >= 15 is 0 Å². The van der Waals surface area contributed by atoms with E-state index in [0.29, 0.717) is 12.3 Å². The van der Waals surface area contributed by atoms with Crippen LogP contribution in [-0.4, -0.2) is 17.5 Å². The zero-order valence-corrected chi connectivity index (χ0v) is 6.92. The molecule has 0 bridgehead atoms. The summed E-state index contributed by atoms with van der Waals surface area (Å²) in [6, 6.07) is 0. The minimum atomic E-state index is 0.122. The summed E-state index contributed by atoms with van der Waals surface area (Å²) in [6.07, 6.45) is 0.508. The van der Waals surface area contributed by atoms with E-state index < -0.39 is 0 Å². The highest BCUT2D eigenvalue weighted by atomic mass is 16.3. The Labute approximate surface area is 62.2 Å². The molecule has 1 atom stereocenters. The Bertz CT molecular complexity index is 108. The summed E-state index contributed by atoms with van der Waals surface area (Å²) in [5, 5.41) is 8.79. The molecular formula is C8H16O2. The standard InChI is InChI=1S/C8H16O2/c1-6(2)8(5-9)4-7(3)10/h6,8-9H,4-5H2,1-3H3. The molecular weight excluding hydrogens is 128 g/mol. The van der Waals surface area contributed by atoms with Crippen molar-refractivity contribution in [1.82, 2.24) is 0 Å². The molecule has 0 aliphatic rings. The van der Waals surface area contributed by atoms with Gasteiger partial charge in [0.1, 0.15) is 5.78 Å². The van der Waals surface area contributed by atoms with Crippen molar-refractivity contribution in [1.29, 1.82) is 0 Å². The highest BCUT2D eigenvalue weighted by Crippen LogP contribution is 2.13. The Morgan fingerprint density at radius 1 is 1.50 bits per heavy atom. The van der Waals surface area contributed by atoms with E-state index in [1.165, 1.54) is 0 Å². The fraction of sp³-hybridized carbons (Fsp3) is 0.875. The lowest BCUT2D eigenvalue weighted by atomic mass is 9.92. The summed E-state index contributed by atoms with van der Waals surface area (Å²) >= 11 is 0. The van der Waals surface area contributed by atoms with Crippen LogP contribution in [0, 0.1) is 11.8 Å². The van der Waals surface area contributed by atoms with Crippen LogP contribution in [0.15, 0.2) is 0 Å². The topological polar surface area (TPSA) is 37.3 Å². The number of aliphatic hydroxyl groups is 1. The van der Waals surface area contributed by atoms with Gasteiger partial charge in [0.15, 0.2) is 0 Å². The monoisotopic (exact) mass is 144 g/mol. The van der Waals surface area contributed by atoms with Crippen LogP contribution in [0.25, 0.3) is 0 Å². The molecule has 0 saturated carbocycles. The molecule has 0 aliphatic heterocycles. The second kappa shape index (κ2) is 4.45. The summed E-state index contributed by atoms with van der Waals surface area (Å²) in [7, 11) is 0. The first-order chi connectivity index (χ1) is 4.57. The predicted octanol–water partition coefficient (Wildman–Crippen LogP) is 1.23. The minimum Gasteiger partial charge on any atom is -0.396 e. The maximum absolute atomic E-state index is 10.6. The molecule has 0 heterocycles. The summed E-state index contributed by atoms with van der Waals surface area (Å²) in [5.41, 5.74) is 0. The first-order valence-electron chi connectivity index (χ1n) is 3.68. The molecule has 0 spiro atoms. The molecule has 60 valence electrons. The smallest absolute Gasteiger partial charge is 0.130 e. The van der Waals surface area contributed by atoms with E-state index in [0.717, 1.165) is 0 Å². The minimum absolute atomic E-state index is 0.122. The molecule has 0 aromatic rings. The van der Waals surface area contributed by atoms with Gasteiger partial charge in [0.05, 0.1) is 0 Å². The zero-order valence-electron chi connectivity index (χ0n) is 6.92. The summed E-state index contributed by atoms with van der Waals surface area (Å²) in [5.74, 6) is 0.708. The molecule has 0 amide bonds. The number of rotatable bonds is 4. The lowest BCUT2D eigenvalue weighted by Gasteiger charge is -2.15. The number of aliphatic hydroxyl groups excluding tert-OH is 1. The van der Waals surface area contributed by atoms with Crippen molar-refractivity contribution in [2.45, 2.75) is 27.2 Å². The van der Waals surface area contributed by atoms with Gasteiger partial charge in [-0.25, -0.2) is 0 Å². The number of carbonyl (C=O) groups is 1. The van der Waals surface area contributed by atoms with Gasteiger partial charge in [0.25, 0.3) is 0 Å². The van der Waals surface area contributed by atoms with Gasteiger partial charge in [-0.05, 0) is 18.8 Å². The maximum Gasteiger partial charge on any atom is 0.130 e. The van der Waals surface area contributed by atoms with Gasteiger partial charge in [-0.15, -0.1) is 0 Å². The average molecular weight is 144 g/mol. The van der Waals surface area contributed by atoms with Gasteiger partial charge in [-0.1, -0.05) is 13.8 Å². The Balaban J connectivity index is 3.71. The van der Waals surface area contributed by atoms with Crippen LogP contribution in [0.2, 0.25) is 0 Å². The number of hydrogen-bond donors (Lipinski definition) is 1. The highest BCUT2D eigenvalue weighted by Gasteiger charge is 2.13. The molecule has 0 radical (unpaired) electrons. The van der Waals surface area contributed by atoms with Crippen LogP contribution in [0.5, 0.6) is 0 Å². The summed E-state index contributed by atoms with van der Waals surface area (Å²) in [6.45, 7) is 5.72. The van der Waals surface area contributed by atoms with E-state index in [2.05, 4.69) is 0 Å². The Morgan fingerprint density at radius 3 is 2.10 bits per heavy atom. The van der Waals surface area contributed by atoms with Crippen molar-refractivity contribution >= 4 is 5.78 Å². The van der Waals surface area contributed by atoms with E-state index in [1.807, 2.05) is 13.8 Å². The van der Waals surface area contributed by atoms with Gasteiger partial charge >= 0.3 is 0 Å². The molecule has 10 heavy (non-hydrogen) atoms. The van der Waals surface area contributed by atoms with E-state index in [-0.39, 0.29) is 18.3 Å². The number of carbonyl (C=O) groups excluding carboxylic acids is 1. The van der Waals surface area contributed by atoms with Crippen LogP contribution < -0.4 is 0 Å². The number of hydrogen-bond acceptors (Lipinski definition) is 2. The molecule has 0 aliphatic carbocycles. The normalized spacial score (nSPS) is 13.7. The third-order valence-electron chi connectivity index (χ3n) is 1.73. The van der Waals surface area contributed by atoms with Gasteiger partial charge in [0, 0.05) is 13.0 Å². The molecule has 2 heteroatoms. The van der Waals surface area contributed by atoms with Gasteiger partial charge < -0.3 is 9.90 Å². The molecule has 0 aromatic heterocycles. The molecule has 0 saturated heterocycles. The molecule has 1 N–H and O–H groups in total. The largest absolute Gasteiger partial charge is 0.396 e. The van der Waals surface area contributed by atoms with Crippen molar-refractivity contribution < 1.29 is 9.90 Å². The van der Waals surface area contributed by atoms with Gasteiger partial charge in [-0.2, -0.15) is 0 Å². The fourth-order valence-electron chi connectivity index (χ4n) is 0.880. The first kappa shape index (κ1) is 9.63.